The van der Waals surface area contributed by atoms with Crippen LogP contribution in [0.3, 0.4) is 0 Å². The predicted molar refractivity (Wildman–Crippen MR) is 104 cm³/mol. The number of ether oxygens (including phenoxy) is 1. The molecule has 8 heteroatoms. The summed E-state index contributed by atoms with van der Waals surface area (Å²) in [5.74, 6) is 0.384. The number of hydrogen-bond donors (Lipinski definition) is 0. The van der Waals surface area contributed by atoms with Crippen LogP contribution < -0.4 is 10.4 Å². The second-order valence-corrected chi connectivity index (χ2v) is 6.70. The first-order chi connectivity index (χ1) is 13.7. The maximum atomic E-state index is 12.5. The molecule has 4 rings (SSSR count). The summed E-state index contributed by atoms with van der Waals surface area (Å²) < 4.78 is 16.0. The van der Waals surface area contributed by atoms with E-state index in [0.717, 1.165) is 17.3 Å². The summed E-state index contributed by atoms with van der Waals surface area (Å²) in [6, 6.07) is 16.0. The van der Waals surface area contributed by atoms with Crippen LogP contribution in [-0.2, 0) is 0 Å². The van der Waals surface area contributed by atoms with Crippen molar-refractivity contribution in [3.05, 3.63) is 70.6 Å². The lowest BCUT2D eigenvalue weighted by atomic mass is 10.1. The number of fused-ring (bicyclic) bond motifs is 1. The van der Waals surface area contributed by atoms with Gasteiger partial charge in [0.05, 0.1) is 12.9 Å². The van der Waals surface area contributed by atoms with Gasteiger partial charge in [0.1, 0.15) is 5.56 Å². The summed E-state index contributed by atoms with van der Waals surface area (Å²) in [5.41, 5.74) is 0.357. The lowest BCUT2D eigenvalue weighted by molar-refractivity contribution is 0.101. The number of aromatic nitrogens is 2. The first kappa shape index (κ1) is 18.0. The molecule has 140 valence electrons. The van der Waals surface area contributed by atoms with E-state index in [0.29, 0.717) is 22.6 Å². The largest absolute Gasteiger partial charge is 0.493 e. The van der Waals surface area contributed by atoms with Crippen molar-refractivity contribution >= 4 is 28.5 Å². The van der Waals surface area contributed by atoms with E-state index in [1.54, 1.807) is 18.2 Å². The first-order valence-electron chi connectivity index (χ1n) is 8.31. The van der Waals surface area contributed by atoms with Crippen molar-refractivity contribution in [1.29, 1.82) is 0 Å². The van der Waals surface area contributed by atoms with Gasteiger partial charge in [0.2, 0.25) is 5.89 Å². The second-order valence-electron chi connectivity index (χ2n) is 5.78. The Balaban J connectivity index is 1.52. The summed E-state index contributed by atoms with van der Waals surface area (Å²) in [4.78, 5) is 24.8. The smallest absolute Gasteiger partial charge is 0.347 e. The zero-order chi connectivity index (χ0) is 19.5. The first-order valence-corrected chi connectivity index (χ1v) is 9.30. The van der Waals surface area contributed by atoms with Crippen LogP contribution in [0, 0.1) is 0 Å². The summed E-state index contributed by atoms with van der Waals surface area (Å²) in [6.07, 6.45) is 0. The van der Waals surface area contributed by atoms with E-state index in [2.05, 4.69) is 10.2 Å². The Hall–Kier alpha value is -3.39. The van der Waals surface area contributed by atoms with Gasteiger partial charge in [-0.1, -0.05) is 42.1 Å². The fourth-order valence-corrected chi connectivity index (χ4v) is 3.29. The molecule has 0 aliphatic heterocycles. The molecule has 0 spiro atoms. The molecule has 0 amide bonds. The standard InChI is InChI=1S/C20H14N2O5S/c1-25-16-9-5-8-13-10-14(19(24)26-17(13)16)15(23)11-28-20-22-21-18(27-20)12-6-3-2-4-7-12/h2-10H,11H2,1H3. The Labute approximate surface area is 163 Å². The predicted octanol–water partition coefficient (Wildman–Crippen LogP) is 3.83. The van der Waals surface area contributed by atoms with Crippen molar-refractivity contribution in [2.75, 3.05) is 12.9 Å². The number of carbonyl (C=O) groups is 1. The maximum Gasteiger partial charge on any atom is 0.347 e. The normalized spacial score (nSPS) is 10.9. The number of Topliss-reactive ketones (excluding diaryl/α,β-unsaturated/α-hetero) is 1. The third-order valence-corrected chi connectivity index (χ3v) is 4.82. The molecule has 2 heterocycles. The Bertz CT molecular complexity index is 1200. The van der Waals surface area contributed by atoms with Crippen LogP contribution in [0.25, 0.3) is 22.4 Å². The topological polar surface area (TPSA) is 95.4 Å². The maximum absolute atomic E-state index is 12.5. The second kappa shape index (κ2) is 7.69. The number of carbonyl (C=O) groups excluding carboxylic acids is 1. The zero-order valence-corrected chi connectivity index (χ0v) is 15.6. The number of nitrogens with zero attached hydrogens (tertiary/aromatic N) is 2. The third kappa shape index (κ3) is 3.54. The minimum absolute atomic E-state index is 0.0311. The minimum Gasteiger partial charge on any atom is -0.493 e. The van der Waals surface area contributed by atoms with Crippen LogP contribution in [0.5, 0.6) is 5.75 Å². The molecule has 0 aliphatic rings. The third-order valence-electron chi connectivity index (χ3n) is 4.00. The van der Waals surface area contributed by atoms with E-state index in [1.165, 1.54) is 13.2 Å². The molecule has 2 aromatic carbocycles. The molecule has 0 saturated carbocycles. The van der Waals surface area contributed by atoms with Crippen molar-refractivity contribution < 1.29 is 18.4 Å². The molecular formula is C20H14N2O5S. The molecule has 0 radical (unpaired) electrons. The van der Waals surface area contributed by atoms with Gasteiger partial charge in [0.25, 0.3) is 5.22 Å². The van der Waals surface area contributed by atoms with E-state index in [-0.39, 0.29) is 22.3 Å². The molecule has 0 fully saturated rings. The molecule has 0 aliphatic carbocycles. The van der Waals surface area contributed by atoms with E-state index in [9.17, 15) is 9.59 Å². The van der Waals surface area contributed by atoms with Gasteiger partial charge in [-0.2, -0.15) is 0 Å². The Morgan fingerprint density at radius 1 is 1.07 bits per heavy atom. The molecule has 4 aromatic rings. The number of methoxy groups -OCH3 is 1. The highest BCUT2D eigenvalue weighted by Crippen LogP contribution is 2.26. The fraction of sp³-hybridized carbons (Fsp3) is 0.100. The number of ketones is 1. The summed E-state index contributed by atoms with van der Waals surface area (Å²) in [5, 5.41) is 8.76. The van der Waals surface area contributed by atoms with E-state index in [1.807, 2.05) is 30.3 Å². The highest BCUT2D eigenvalue weighted by molar-refractivity contribution is 7.99. The Morgan fingerprint density at radius 2 is 1.89 bits per heavy atom. The van der Waals surface area contributed by atoms with Crippen molar-refractivity contribution in [3.63, 3.8) is 0 Å². The summed E-state index contributed by atoms with van der Waals surface area (Å²) in [7, 11) is 1.48. The molecule has 0 N–H and O–H groups in total. The summed E-state index contributed by atoms with van der Waals surface area (Å²) >= 11 is 1.07. The van der Waals surface area contributed by atoms with Gasteiger partial charge in [-0.3, -0.25) is 4.79 Å². The Kier molecular flexibility index (Phi) is 4.94. The average molecular weight is 394 g/mol. The molecule has 0 unspecified atom stereocenters. The minimum atomic E-state index is -0.710. The quantitative estimate of drug-likeness (QED) is 0.277. The lowest BCUT2D eigenvalue weighted by Gasteiger charge is -2.05. The highest BCUT2D eigenvalue weighted by Gasteiger charge is 2.17. The van der Waals surface area contributed by atoms with Crippen LogP contribution in [0.4, 0.5) is 0 Å². The molecule has 7 nitrogen and oxygen atoms in total. The van der Waals surface area contributed by atoms with Crippen molar-refractivity contribution in [3.8, 4) is 17.2 Å². The summed E-state index contributed by atoms with van der Waals surface area (Å²) in [6.45, 7) is 0. The molecule has 0 bridgehead atoms. The highest BCUT2D eigenvalue weighted by atomic mass is 32.2. The fourth-order valence-electron chi connectivity index (χ4n) is 2.64. The van der Waals surface area contributed by atoms with E-state index in [4.69, 9.17) is 13.6 Å². The SMILES string of the molecule is COc1cccc2cc(C(=O)CSc3nnc(-c4ccccc4)o3)c(=O)oc12. The van der Waals surface area contributed by atoms with Crippen LogP contribution in [0.15, 0.2) is 73.4 Å². The van der Waals surface area contributed by atoms with Gasteiger partial charge in [-0.05, 0) is 24.3 Å². The van der Waals surface area contributed by atoms with Crippen LogP contribution in [-0.4, -0.2) is 28.8 Å². The van der Waals surface area contributed by atoms with Gasteiger partial charge < -0.3 is 13.6 Å². The molecule has 0 saturated heterocycles. The number of para-hydroxylation sites is 1. The van der Waals surface area contributed by atoms with Crippen LogP contribution >= 0.6 is 11.8 Å². The van der Waals surface area contributed by atoms with E-state index < -0.39 is 5.63 Å². The van der Waals surface area contributed by atoms with Gasteiger partial charge >= 0.3 is 5.63 Å². The Morgan fingerprint density at radius 3 is 2.68 bits per heavy atom. The molecule has 0 atom stereocenters. The lowest BCUT2D eigenvalue weighted by Crippen LogP contribution is -2.15. The van der Waals surface area contributed by atoms with Crippen molar-refractivity contribution in [2.45, 2.75) is 5.22 Å². The number of hydrogen-bond acceptors (Lipinski definition) is 8. The zero-order valence-electron chi connectivity index (χ0n) is 14.7. The van der Waals surface area contributed by atoms with Gasteiger partial charge in [-0.25, -0.2) is 4.79 Å². The molecular weight excluding hydrogens is 380 g/mol. The molecule has 28 heavy (non-hydrogen) atoms. The number of benzene rings is 2. The molecule has 2 aromatic heterocycles. The monoisotopic (exact) mass is 394 g/mol. The van der Waals surface area contributed by atoms with E-state index >= 15 is 0 Å². The van der Waals surface area contributed by atoms with Gasteiger partial charge in [-0.15, -0.1) is 10.2 Å². The number of rotatable bonds is 6. The van der Waals surface area contributed by atoms with Crippen LogP contribution in [0.2, 0.25) is 0 Å². The van der Waals surface area contributed by atoms with Gasteiger partial charge in [0, 0.05) is 10.9 Å². The average Bonchev–Trinajstić information content (AvgIpc) is 3.21. The van der Waals surface area contributed by atoms with Gasteiger partial charge in [0.15, 0.2) is 17.1 Å². The van der Waals surface area contributed by atoms with Crippen LogP contribution in [0.1, 0.15) is 10.4 Å². The van der Waals surface area contributed by atoms with Crippen molar-refractivity contribution in [1.82, 2.24) is 10.2 Å². The number of thioether (sulfide) groups is 1. The van der Waals surface area contributed by atoms with Crippen molar-refractivity contribution in [2.24, 2.45) is 0 Å².